The molecule has 0 bridgehead atoms. The lowest BCUT2D eigenvalue weighted by Crippen LogP contribution is -2.13. The number of rotatable bonds is 11. The van der Waals surface area contributed by atoms with Crippen LogP contribution < -0.4 is 0 Å². The molecule has 116 valence electrons. The highest BCUT2D eigenvalue weighted by molar-refractivity contribution is 7.99. The Morgan fingerprint density at radius 2 is 2.00 bits per heavy atom. The first-order chi connectivity index (χ1) is 9.40. The van der Waals surface area contributed by atoms with Crippen LogP contribution in [0.4, 0.5) is 0 Å². The van der Waals surface area contributed by atoms with Gasteiger partial charge in [-0.2, -0.15) is 11.8 Å². The molecule has 0 saturated carbocycles. The predicted molar refractivity (Wildman–Crippen MR) is 82.7 cm³/mol. The summed E-state index contributed by atoms with van der Waals surface area (Å²) in [6.07, 6.45) is 2.90. The van der Waals surface area contributed by atoms with E-state index in [0.717, 1.165) is 12.2 Å². The van der Waals surface area contributed by atoms with Crippen LogP contribution in [-0.4, -0.2) is 51.4 Å². The third kappa shape index (κ3) is 8.69. The summed E-state index contributed by atoms with van der Waals surface area (Å²) in [4.78, 5) is 11.1. The van der Waals surface area contributed by atoms with Gasteiger partial charge in [0.1, 0.15) is 0 Å². The summed E-state index contributed by atoms with van der Waals surface area (Å²) in [5.74, 6) is -0.657. The third-order valence-electron chi connectivity index (χ3n) is 2.61. The molecule has 0 aliphatic carbocycles. The van der Waals surface area contributed by atoms with Crippen molar-refractivity contribution in [3.8, 4) is 0 Å². The normalized spacial score (nSPS) is 14.4. The maximum Gasteiger partial charge on any atom is 0.375 e. The minimum absolute atomic E-state index is 0.0895. The molecule has 5 nitrogen and oxygen atoms in total. The minimum atomic E-state index is -1.97. The lowest BCUT2D eigenvalue weighted by atomic mass is 10.2. The molecule has 7 heteroatoms. The molecule has 0 rings (SSSR count). The van der Waals surface area contributed by atoms with Gasteiger partial charge in [-0.25, -0.2) is 4.79 Å². The highest BCUT2D eigenvalue weighted by atomic mass is 32.2. The van der Waals surface area contributed by atoms with Crippen LogP contribution in [0.5, 0.6) is 0 Å². The van der Waals surface area contributed by atoms with Gasteiger partial charge in [-0.1, -0.05) is 24.5 Å². The molecule has 0 aromatic heterocycles. The molecule has 0 fully saturated rings. The fourth-order valence-corrected chi connectivity index (χ4v) is 3.60. The van der Waals surface area contributed by atoms with E-state index in [2.05, 4.69) is 0 Å². The van der Waals surface area contributed by atoms with E-state index in [9.17, 15) is 14.5 Å². The monoisotopic (exact) mass is 323 g/mol. The number of unbranched alkanes of at least 4 members (excludes halogenated alkanes) is 1. The van der Waals surface area contributed by atoms with E-state index in [0.29, 0.717) is 12.2 Å². The topological polar surface area (TPSA) is 94.8 Å². The zero-order chi connectivity index (χ0) is 15.5. The van der Waals surface area contributed by atoms with E-state index in [1.807, 2.05) is 0 Å². The van der Waals surface area contributed by atoms with E-state index >= 15 is 0 Å². The molecule has 0 radical (unpaired) electrons. The van der Waals surface area contributed by atoms with Crippen LogP contribution in [0.1, 0.15) is 26.7 Å². The molecule has 0 aromatic rings. The standard InChI is InChI=1S/C13H23O5PS/c1-10(2)13(17)19(18)9-11(12(15)16)5-3-4-7-20-8-6-14/h5,10,13-14,17H,3-4,6-9H2,1-2H3/p+1/b11-5+. The van der Waals surface area contributed by atoms with Crippen LogP contribution >= 0.6 is 19.6 Å². The van der Waals surface area contributed by atoms with Crippen LogP contribution in [0.2, 0.25) is 0 Å². The second-order valence-corrected chi connectivity index (χ2v) is 7.65. The highest BCUT2D eigenvalue weighted by Gasteiger charge is 2.33. The Morgan fingerprint density at radius 1 is 1.35 bits per heavy atom. The van der Waals surface area contributed by atoms with Crippen LogP contribution in [0, 0.1) is 5.92 Å². The van der Waals surface area contributed by atoms with Gasteiger partial charge in [0.25, 0.3) is 5.85 Å². The Kier molecular flexibility index (Phi) is 11.0. The van der Waals surface area contributed by atoms with Crippen molar-refractivity contribution in [2.24, 2.45) is 5.92 Å². The van der Waals surface area contributed by atoms with Gasteiger partial charge in [-0.05, 0) is 18.6 Å². The number of aliphatic hydroxyl groups is 2. The number of allylic oxidation sites excluding steroid dienone is 1. The van der Waals surface area contributed by atoms with Gasteiger partial charge >= 0.3 is 13.8 Å². The van der Waals surface area contributed by atoms with Gasteiger partial charge in [0.15, 0.2) is 6.16 Å². The van der Waals surface area contributed by atoms with Crippen molar-refractivity contribution >= 4 is 25.5 Å². The van der Waals surface area contributed by atoms with E-state index < -0.39 is 19.6 Å². The number of carboxylic acids is 1. The summed E-state index contributed by atoms with van der Waals surface area (Å²) in [7, 11) is -1.97. The lowest BCUT2D eigenvalue weighted by Gasteiger charge is -2.04. The van der Waals surface area contributed by atoms with Crippen LogP contribution in [-0.2, 0) is 9.36 Å². The Labute approximate surface area is 125 Å². The second-order valence-electron chi connectivity index (χ2n) is 4.75. The fraction of sp³-hybridized carbons (Fsp3) is 0.769. The number of hydrogen-bond donors (Lipinski definition) is 3. The number of thioether (sulfide) groups is 1. The smallest absolute Gasteiger partial charge is 0.375 e. The Hall–Kier alpha value is -0.420. The molecule has 0 aliphatic rings. The lowest BCUT2D eigenvalue weighted by molar-refractivity contribution is -0.132. The van der Waals surface area contributed by atoms with E-state index in [1.165, 1.54) is 0 Å². The van der Waals surface area contributed by atoms with Crippen molar-refractivity contribution in [1.29, 1.82) is 0 Å². The largest absolute Gasteiger partial charge is 0.478 e. The summed E-state index contributed by atoms with van der Waals surface area (Å²) in [5.41, 5.74) is 0.109. The van der Waals surface area contributed by atoms with Gasteiger partial charge in [0.05, 0.1) is 12.2 Å². The Bertz CT molecular complexity index is 344. The summed E-state index contributed by atoms with van der Waals surface area (Å²) >= 11 is 1.61. The van der Waals surface area contributed by atoms with Gasteiger partial charge < -0.3 is 15.3 Å². The molecule has 0 aliphatic heterocycles. The molecule has 3 N–H and O–H groups in total. The maximum absolute atomic E-state index is 11.8. The molecule has 0 saturated heterocycles. The zero-order valence-electron chi connectivity index (χ0n) is 12.0. The zero-order valence-corrected chi connectivity index (χ0v) is 13.7. The van der Waals surface area contributed by atoms with Gasteiger partial charge in [-0.3, -0.25) is 0 Å². The highest BCUT2D eigenvalue weighted by Crippen LogP contribution is 2.33. The summed E-state index contributed by atoms with van der Waals surface area (Å²) < 4.78 is 11.8. The molecule has 0 spiro atoms. The first-order valence-electron chi connectivity index (χ1n) is 6.63. The van der Waals surface area contributed by atoms with Crippen molar-refractivity contribution in [1.82, 2.24) is 0 Å². The summed E-state index contributed by atoms with van der Waals surface area (Å²) in [6, 6.07) is 0. The van der Waals surface area contributed by atoms with Crippen molar-refractivity contribution < 1.29 is 24.7 Å². The molecule has 20 heavy (non-hydrogen) atoms. The van der Waals surface area contributed by atoms with E-state index in [-0.39, 0.29) is 24.3 Å². The van der Waals surface area contributed by atoms with Crippen molar-refractivity contribution in [2.75, 3.05) is 24.3 Å². The molecule has 0 amide bonds. The molecule has 2 atom stereocenters. The van der Waals surface area contributed by atoms with Crippen LogP contribution in [0.3, 0.4) is 0 Å². The van der Waals surface area contributed by atoms with Crippen molar-refractivity contribution in [3.05, 3.63) is 11.6 Å². The van der Waals surface area contributed by atoms with Crippen LogP contribution in [0.15, 0.2) is 11.6 Å². The van der Waals surface area contributed by atoms with Crippen molar-refractivity contribution in [3.63, 3.8) is 0 Å². The quantitative estimate of drug-likeness (QED) is 0.307. The molecule has 2 unspecified atom stereocenters. The Balaban J connectivity index is 4.29. The average molecular weight is 323 g/mol. The number of carbonyl (C=O) groups is 1. The SMILES string of the molecule is CC(C)C(O)[P+](=O)C/C(=C\CCCSCCO)C(=O)O. The third-order valence-corrected chi connectivity index (χ3v) is 5.50. The number of hydrogen-bond acceptors (Lipinski definition) is 5. The second kappa shape index (κ2) is 11.3. The summed E-state index contributed by atoms with van der Waals surface area (Å²) in [6.45, 7) is 3.65. The first-order valence-corrected chi connectivity index (χ1v) is 9.29. The Morgan fingerprint density at radius 3 is 2.50 bits per heavy atom. The number of aliphatic carboxylic acids is 1. The van der Waals surface area contributed by atoms with E-state index in [1.54, 1.807) is 31.7 Å². The molecule has 0 heterocycles. The molecular formula is C13H24O5PS+. The van der Waals surface area contributed by atoms with Crippen LogP contribution in [0.25, 0.3) is 0 Å². The number of carboxylic acid groups (broad SMARTS) is 1. The minimum Gasteiger partial charge on any atom is -0.478 e. The molecule has 0 aromatic carbocycles. The predicted octanol–water partition coefficient (Wildman–Crippen LogP) is 2.30. The summed E-state index contributed by atoms with van der Waals surface area (Å²) in [5, 5.41) is 27.3. The molecular weight excluding hydrogens is 299 g/mol. The van der Waals surface area contributed by atoms with Crippen molar-refractivity contribution in [2.45, 2.75) is 32.5 Å². The van der Waals surface area contributed by atoms with E-state index in [4.69, 9.17) is 10.2 Å². The average Bonchev–Trinajstić information content (AvgIpc) is 2.39. The van der Waals surface area contributed by atoms with Gasteiger partial charge in [0.2, 0.25) is 0 Å². The first kappa shape index (κ1) is 19.6. The van der Waals surface area contributed by atoms with Gasteiger partial charge in [0, 0.05) is 11.7 Å². The van der Waals surface area contributed by atoms with Gasteiger partial charge in [-0.15, -0.1) is 0 Å². The fourth-order valence-electron chi connectivity index (χ4n) is 1.44. The maximum atomic E-state index is 11.8. The number of aliphatic hydroxyl groups excluding tert-OH is 2.